The highest BCUT2D eigenvalue weighted by Gasteiger charge is 2.28. The highest BCUT2D eigenvalue weighted by Crippen LogP contribution is 2.24. The number of hydrogen-bond acceptors (Lipinski definition) is 7. The Bertz CT molecular complexity index is 1110. The number of furan rings is 1. The minimum Gasteiger partial charge on any atom is -0.441 e. The molecule has 1 amide bonds. The molecule has 9 heteroatoms. The summed E-state index contributed by atoms with van der Waals surface area (Å²) in [6, 6.07) is 16.7. The van der Waals surface area contributed by atoms with Gasteiger partial charge in [-0.15, -0.1) is 0 Å². The van der Waals surface area contributed by atoms with Gasteiger partial charge in [0.25, 0.3) is 5.91 Å². The Morgan fingerprint density at radius 2 is 1.77 bits per heavy atom. The Balaban J connectivity index is 1.84. The number of Topliss-reactive ketones (excluding diaryl/α,β-unsaturated/α-hetero) is 1. The van der Waals surface area contributed by atoms with Gasteiger partial charge >= 0.3 is 11.9 Å². The van der Waals surface area contributed by atoms with Crippen molar-refractivity contribution in [2.75, 3.05) is 5.32 Å². The fraction of sp³-hybridized carbons (Fsp3) is 0.0952. The number of carbonyl (C=O) groups excluding carboxylic acids is 3. The van der Waals surface area contributed by atoms with Crippen molar-refractivity contribution in [3.63, 3.8) is 0 Å². The number of nitrogens with one attached hydrogen (secondary N) is 1. The van der Waals surface area contributed by atoms with Gasteiger partial charge < -0.3 is 14.5 Å². The van der Waals surface area contributed by atoms with Crippen LogP contribution >= 0.6 is 0 Å². The first kappa shape index (κ1) is 20.5. The molecule has 9 nitrogen and oxygen atoms in total. The third kappa shape index (κ3) is 4.76. The molecule has 1 heterocycles. The lowest BCUT2D eigenvalue weighted by Crippen LogP contribution is -2.26. The number of carbonyl (C=O) groups is 3. The molecule has 0 spiro atoms. The fourth-order valence-electron chi connectivity index (χ4n) is 2.63. The Morgan fingerprint density at radius 1 is 1.03 bits per heavy atom. The number of benzene rings is 2. The number of rotatable bonds is 7. The molecule has 0 unspecified atom stereocenters. The summed E-state index contributed by atoms with van der Waals surface area (Å²) in [5.41, 5.74) is 1.13. The Kier molecular flexibility index (Phi) is 6.02. The van der Waals surface area contributed by atoms with Crippen LogP contribution in [0.25, 0.3) is 0 Å². The summed E-state index contributed by atoms with van der Waals surface area (Å²) in [6.07, 6.45) is -1.36. The summed E-state index contributed by atoms with van der Waals surface area (Å²) in [5, 5.41) is 13.3. The molecule has 0 aliphatic rings. The molecule has 3 rings (SSSR count). The second-order valence-corrected chi connectivity index (χ2v) is 6.22. The number of nitrogens with zero attached hydrogens (tertiary/aromatic N) is 1. The van der Waals surface area contributed by atoms with Gasteiger partial charge in [-0.05, 0) is 25.1 Å². The molecule has 0 saturated carbocycles. The third-order valence-electron chi connectivity index (χ3n) is 4.07. The third-order valence-corrected chi connectivity index (χ3v) is 4.07. The Labute approximate surface area is 170 Å². The van der Waals surface area contributed by atoms with Crippen molar-refractivity contribution in [1.29, 1.82) is 0 Å². The second-order valence-electron chi connectivity index (χ2n) is 6.22. The van der Waals surface area contributed by atoms with Crippen LogP contribution in [-0.2, 0) is 9.53 Å². The summed E-state index contributed by atoms with van der Waals surface area (Å²) in [7, 11) is 0. The molecular weight excluding hydrogens is 392 g/mol. The SMILES string of the molecule is CC(=O)c1cccc(NC(=O)[C@@H](OC(=O)c2ccc([N+](=O)[O-])o2)c2ccccc2)c1. The lowest BCUT2D eigenvalue weighted by molar-refractivity contribution is -0.402. The molecule has 1 N–H and O–H groups in total. The van der Waals surface area contributed by atoms with Crippen LogP contribution in [0, 0.1) is 10.1 Å². The van der Waals surface area contributed by atoms with Gasteiger partial charge in [-0.3, -0.25) is 19.7 Å². The van der Waals surface area contributed by atoms with Crippen LogP contribution in [0.15, 0.2) is 71.1 Å². The summed E-state index contributed by atoms with van der Waals surface area (Å²) in [6.45, 7) is 1.40. The molecule has 3 aromatic rings. The number of hydrogen-bond donors (Lipinski definition) is 1. The number of amides is 1. The molecule has 1 atom stereocenters. The number of ketones is 1. The van der Waals surface area contributed by atoms with E-state index in [9.17, 15) is 24.5 Å². The topological polar surface area (TPSA) is 129 Å². The lowest BCUT2D eigenvalue weighted by Gasteiger charge is -2.17. The van der Waals surface area contributed by atoms with Crippen LogP contribution in [0.4, 0.5) is 11.6 Å². The van der Waals surface area contributed by atoms with Crippen LogP contribution in [0.2, 0.25) is 0 Å². The van der Waals surface area contributed by atoms with Crippen molar-refractivity contribution in [3.8, 4) is 0 Å². The van der Waals surface area contributed by atoms with Crippen molar-refractivity contribution in [3.05, 3.63) is 93.7 Å². The molecule has 2 aromatic carbocycles. The standard InChI is InChI=1S/C21H16N2O7/c1-13(24)15-8-5-9-16(12-15)22-20(25)19(14-6-3-2-4-7-14)30-21(26)17-10-11-18(29-17)23(27)28/h2-12,19H,1H3,(H,22,25)/t19-/m0/s1. The summed E-state index contributed by atoms with van der Waals surface area (Å²) < 4.78 is 10.1. The van der Waals surface area contributed by atoms with E-state index in [0.29, 0.717) is 16.8 Å². The average molecular weight is 408 g/mol. The van der Waals surface area contributed by atoms with E-state index < -0.39 is 34.5 Å². The first-order valence-electron chi connectivity index (χ1n) is 8.77. The lowest BCUT2D eigenvalue weighted by atomic mass is 10.1. The van der Waals surface area contributed by atoms with Crippen molar-refractivity contribution >= 4 is 29.2 Å². The number of esters is 1. The minimum atomic E-state index is -1.36. The summed E-state index contributed by atoms with van der Waals surface area (Å²) in [4.78, 5) is 46.8. The number of nitro groups is 1. The van der Waals surface area contributed by atoms with E-state index in [-0.39, 0.29) is 5.78 Å². The first-order valence-corrected chi connectivity index (χ1v) is 8.77. The van der Waals surface area contributed by atoms with Gasteiger partial charge in [0.2, 0.25) is 11.9 Å². The van der Waals surface area contributed by atoms with E-state index in [1.165, 1.54) is 13.0 Å². The van der Waals surface area contributed by atoms with Gasteiger partial charge in [-0.25, -0.2) is 4.79 Å². The van der Waals surface area contributed by atoms with Gasteiger partial charge in [0.05, 0.1) is 6.07 Å². The zero-order valence-electron chi connectivity index (χ0n) is 15.7. The summed E-state index contributed by atoms with van der Waals surface area (Å²) in [5.74, 6) is -2.91. The Morgan fingerprint density at radius 3 is 2.40 bits per heavy atom. The largest absolute Gasteiger partial charge is 0.441 e. The van der Waals surface area contributed by atoms with Crippen LogP contribution in [0.1, 0.15) is 39.5 Å². The highest BCUT2D eigenvalue weighted by molar-refractivity contribution is 5.99. The van der Waals surface area contributed by atoms with Gasteiger partial charge in [-0.2, -0.15) is 0 Å². The van der Waals surface area contributed by atoms with Crippen molar-refractivity contribution in [1.82, 2.24) is 0 Å². The highest BCUT2D eigenvalue weighted by atomic mass is 16.7. The molecular formula is C21H16N2O7. The molecule has 0 saturated heterocycles. The van der Waals surface area contributed by atoms with Crippen molar-refractivity contribution in [2.45, 2.75) is 13.0 Å². The first-order chi connectivity index (χ1) is 14.3. The van der Waals surface area contributed by atoms with E-state index >= 15 is 0 Å². The maximum absolute atomic E-state index is 12.9. The van der Waals surface area contributed by atoms with Crippen molar-refractivity contribution in [2.24, 2.45) is 0 Å². The van der Waals surface area contributed by atoms with Gasteiger partial charge in [0.1, 0.15) is 4.92 Å². The Hall–Kier alpha value is -4.27. The number of anilines is 1. The maximum atomic E-state index is 12.9. The molecule has 0 aliphatic carbocycles. The molecule has 0 aliphatic heterocycles. The van der Waals surface area contributed by atoms with E-state index in [1.807, 2.05) is 0 Å². The van der Waals surface area contributed by atoms with Crippen LogP contribution in [0.3, 0.4) is 0 Å². The van der Waals surface area contributed by atoms with E-state index in [2.05, 4.69) is 5.32 Å². The predicted octanol–water partition coefficient (Wildman–Crippen LogP) is 3.93. The second kappa shape index (κ2) is 8.82. The van der Waals surface area contributed by atoms with E-state index in [4.69, 9.17) is 9.15 Å². The molecule has 0 fully saturated rings. The summed E-state index contributed by atoms with van der Waals surface area (Å²) >= 11 is 0. The van der Waals surface area contributed by atoms with E-state index in [0.717, 1.165) is 12.1 Å². The smallest absolute Gasteiger partial charge is 0.433 e. The zero-order valence-corrected chi connectivity index (χ0v) is 15.7. The molecule has 152 valence electrons. The molecule has 30 heavy (non-hydrogen) atoms. The van der Waals surface area contributed by atoms with Crippen LogP contribution in [0.5, 0.6) is 0 Å². The van der Waals surface area contributed by atoms with Crippen LogP contribution in [-0.4, -0.2) is 22.6 Å². The zero-order chi connectivity index (χ0) is 21.7. The molecule has 0 bridgehead atoms. The minimum absolute atomic E-state index is 0.170. The van der Waals surface area contributed by atoms with Crippen molar-refractivity contribution < 1.29 is 28.5 Å². The predicted molar refractivity (Wildman–Crippen MR) is 105 cm³/mol. The maximum Gasteiger partial charge on any atom is 0.433 e. The quantitative estimate of drug-likeness (QED) is 0.271. The number of ether oxygens (including phenoxy) is 1. The van der Waals surface area contributed by atoms with Gasteiger partial charge in [0, 0.05) is 16.8 Å². The normalized spacial score (nSPS) is 11.4. The fourth-order valence-corrected chi connectivity index (χ4v) is 2.63. The monoisotopic (exact) mass is 408 g/mol. The molecule has 0 radical (unpaired) electrons. The van der Waals surface area contributed by atoms with Crippen LogP contribution < -0.4 is 5.32 Å². The van der Waals surface area contributed by atoms with E-state index in [1.54, 1.807) is 48.5 Å². The van der Waals surface area contributed by atoms with Gasteiger partial charge in [-0.1, -0.05) is 42.5 Å². The average Bonchev–Trinajstić information content (AvgIpc) is 3.23. The van der Waals surface area contributed by atoms with Gasteiger partial charge in [0.15, 0.2) is 5.78 Å². The molecule has 1 aromatic heterocycles.